The lowest BCUT2D eigenvalue weighted by Crippen LogP contribution is -2.12. The van der Waals surface area contributed by atoms with Gasteiger partial charge in [0.1, 0.15) is 0 Å². The summed E-state index contributed by atoms with van der Waals surface area (Å²) in [6, 6.07) is 11.9. The van der Waals surface area contributed by atoms with Gasteiger partial charge in [0.05, 0.1) is 5.69 Å². The largest absolute Gasteiger partial charge is 0.318 e. The van der Waals surface area contributed by atoms with E-state index in [1.165, 1.54) is 0 Å². The highest BCUT2D eigenvalue weighted by Crippen LogP contribution is 2.28. The maximum atomic E-state index is 12.1. The lowest BCUT2D eigenvalue weighted by atomic mass is 9.98. The first kappa shape index (κ1) is 11.5. The van der Waals surface area contributed by atoms with Gasteiger partial charge in [-0.05, 0) is 42.3 Å². The van der Waals surface area contributed by atoms with Crippen LogP contribution in [0, 0.1) is 6.92 Å². The van der Waals surface area contributed by atoms with Crippen molar-refractivity contribution in [3.05, 3.63) is 57.8 Å². The molecule has 0 atom stereocenters. The van der Waals surface area contributed by atoms with E-state index in [0.717, 1.165) is 27.0 Å². The Kier molecular flexibility index (Phi) is 2.71. The van der Waals surface area contributed by atoms with E-state index in [1.807, 2.05) is 47.9 Å². The first-order valence-corrected chi connectivity index (χ1v) is 6.62. The zero-order valence-electron chi connectivity index (χ0n) is 9.98. The number of fused-ring (bicyclic) bond motifs is 1. The van der Waals surface area contributed by atoms with E-state index in [-0.39, 0.29) is 5.78 Å². The molecular formula is C15H12BrNO. The van der Waals surface area contributed by atoms with Crippen molar-refractivity contribution in [1.29, 1.82) is 0 Å². The summed E-state index contributed by atoms with van der Waals surface area (Å²) >= 11 is 3.42. The predicted molar refractivity (Wildman–Crippen MR) is 76.4 cm³/mol. The fourth-order valence-electron chi connectivity index (χ4n) is 2.25. The second kappa shape index (κ2) is 4.25. The van der Waals surface area contributed by atoms with E-state index in [1.54, 1.807) is 0 Å². The van der Waals surface area contributed by atoms with Crippen LogP contribution in [0.25, 0.3) is 11.8 Å². The van der Waals surface area contributed by atoms with E-state index in [9.17, 15) is 4.79 Å². The third-order valence-corrected chi connectivity index (χ3v) is 3.79. The number of hydrogen-bond acceptors (Lipinski definition) is 1. The lowest BCUT2D eigenvalue weighted by molar-refractivity contribution is 0.0990. The lowest BCUT2D eigenvalue weighted by Gasteiger charge is -2.16. The van der Waals surface area contributed by atoms with E-state index >= 15 is 0 Å². The molecule has 1 aromatic heterocycles. The number of hydrogen-bond donors (Lipinski definition) is 0. The molecule has 3 rings (SSSR count). The second-order valence-corrected chi connectivity index (χ2v) is 5.41. The number of ketones is 1. The van der Waals surface area contributed by atoms with Gasteiger partial charge < -0.3 is 4.57 Å². The average Bonchev–Trinajstić information content (AvgIpc) is 2.73. The quantitative estimate of drug-likeness (QED) is 0.776. The number of Topliss-reactive ketones (excluding diaryl/α,β-unsaturated/α-hetero) is 1. The van der Waals surface area contributed by atoms with Crippen LogP contribution >= 0.6 is 15.9 Å². The zero-order valence-corrected chi connectivity index (χ0v) is 11.6. The Morgan fingerprint density at radius 3 is 2.56 bits per heavy atom. The molecule has 0 amide bonds. The van der Waals surface area contributed by atoms with Gasteiger partial charge in [-0.25, -0.2) is 0 Å². The third kappa shape index (κ3) is 1.85. The molecule has 0 fully saturated rings. The number of benzene rings is 1. The van der Waals surface area contributed by atoms with Crippen LogP contribution in [0.2, 0.25) is 0 Å². The number of rotatable bonds is 1. The summed E-state index contributed by atoms with van der Waals surface area (Å²) in [6.07, 6.45) is 2.54. The molecule has 2 nitrogen and oxygen atoms in total. The van der Waals surface area contributed by atoms with E-state index in [2.05, 4.69) is 22.1 Å². The van der Waals surface area contributed by atoms with Gasteiger partial charge in [-0.2, -0.15) is 0 Å². The molecule has 90 valence electrons. The molecule has 0 saturated carbocycles. The van der Waals surface area contributed by atoms with E-state index in [4.69, 9.17) is 0 Å². The molecule has 0 bridgehead atoms. The van der Waals surface area contributed by atoms with Gasteiger partial charge in [0.25, 0.3) is 0 Å². The maximum Gasteiger partial charge on any atom is 0.183 e. The van der Waals surface area contributed by atoms with Crippen LogP contribution in [-0.4, -0.2) is 10.4 Å². The van der Waals surface area contributed by atoms with Crippen LogP contribution in [0.1, 0.15) is 28.2 Å². The van der Waals surface area contributed by atoms with Crippen molar-refractivity contribution in [2.45, 2.75) is 13.3 Å². The zero-order chi connectivity index (χ0) is 12.7. The fraction of sp³-hybridized carbons (Fsp3) is 0.133. The standard InChI is InChI=1S/C15H12BrNO/c1-10-2-7-14-15(18)8-12(9-17(10)14)11-3-5-13(16)6-4-11/h2-7,9H,8H2,1H3. The summed E-state index contributed by atoms with van der Waals surface area (Å²) in [5.74, 6) is 0.184. The van der Waals surface area contributed by atoms with Crippen molar-refractivity contribution < 1.29 is 4.79 Å². The Labute approximate surface area is 114 Å². The van der Waals surface area contributed by atoms with Gasteiger partial charge in [-0.1, -0.05) is 28.1 Å². The summed E-state index contributed by atoms with van der Waals surface area (Å²) in [5.41, 5.74) is 4.05. The molecule has 0 spiro atoms. The van der Waals surface area contributed by atoms with Gasteiger partial charge >= 0.3 is 0 Å². The normalized spacial score (nSPS) is 14.3. The minimum absolute atomic E-state index is 0.184. The van der Waals surface area contributed by atoms with Gasteiger partial charge in [0.2, 0.25) is 0 Å². The molecule has 0 radical (unpaired) electrons. The van der Waals surface area contributed by atoms with Crippen LogP contribution in [-0.2, 0) is 0 Å². The van der Waals surface area contributed by atoms with Crippen molar-refractivity contribution in [2.75, 3.05) is 0 Å². The Hall–Kier alpha value is -1.61. The monoisotopic (exact) mass is 301 g/mol. The van der Waals surface area contributed by atoms with Crippen molar-refractivity contribution in [3.63, 3.8) is 0 Å². The predicted octanol–water partition coefficient (Wildman–Crippen LogP) is 4.14. The number of aromatic nitrogens is 1. The number of carbonyl (C=O) groups is 1. The highest BCUT2D eigenvalue weighted by atomic mass is 79.9. The Morgan fingerprint density at radius 2 is 1.83 bits per heavy atom. The van der Waals surface area contributed by atoms with Gasteiger partial charge in [-0.3, -0.25) is 4.79 Å². The highest BCUT2D eigenvalue weighted by Gasteiger charge is 2.20. The molecule has 3 heteroatoms. The molecule has 0 aliphatic carbocycles. The molecule has 0 saturated heterocycles. The Bertz CT molecular complexity index is 650. The van der Waals surface area contributed by atoms with Crippen molar-refractivity contribution >= 4 is 33.5 Å². The topological polar surface area (TPSA) is 22.0 Å². The molecule has 1 aliphatic rings. The van der Waals surface area contributed by atoms with Crippen LogP contribution in [0.3, 0.4) is 0 Å². The van der Waals surface area contributed by atoms with E-state index in [0.29, 0.717) is 6.42 Å². The first-order chi connectivity index (χ1) is 8.65. The first-order valence-electron chi connectivity index (χ1n) is 5.83. The van der Waals surface area contributed by atoms with Crippen molar-refractivity contribution in [2.24, 2.45) is 0 Å². The number of nitrogens with zero attached hydrogens (tertiary/aromatic N) is 1. The third-order valence-electron chi connectivity index (χ3n) is 3.26. The molecule has 0 N–H and O–H groups in total. The SMILES string of the molecule is Cc1ccc2n1C=C(c1ccc(Br)cc1)CC2=O. The summed E-state index contributed by atoms with van der Waals surface area (Å²) < 4.78 is 3.02. The van der Waals surface area contributed by atoms with Gasteiger partial charge in [0, 0.05) is 22.8 Å². The minimum atomic E-state index is 0.184. The fourth-order valence-corrected chi connectivity index (χ4v) is 2.52. The number of halogens is 1. The maximum absolute atomic E-state index is 12.1. The van der Waals surface area contributed by atoms with Gasteiger partial charge in [0.15, 0.2) is 5.78 Å². The summed E-state index contributed by atoms with van der Waals surface area (Å²) in [6.45, 7) is 2.01. The second-order valence-electron chi connectivity index (χ2n) is 4.49. The van der Waals surface area contributed by atoms with Crippen LogP contribution in [0.4, 0.5) is 0 Å². The molecular weight excluding hydrogens is 290 g/mol. The smallest absolute Gasteiger partial charge is 0.183 e. The number of carbonyl (C=O) groups excluding carboxylic acids is 1. The summed E-state index contributed by atoms with van der Waals surface area (Å²) in [5, 5.41) is 0. The van der Waals surface area contributed by atoms with Crippen molar-refractivity contribution in [1.82, 2.24) is 4.57 Å². The van der Waals surface area contributed by atoms with Gasteiger partial charge in [-0.15, -0.1) is 0 Å². The van der Waals surface area contributed by atoms with Crippen LogP contribution in [0.5, 0.6) is 0 Å². The Morgan fingerprint density at radius 1 is 1.11 bits per heavy atom. The summed E-state index contributed by atoms with van der Waals surface area (Å²) in [4.78, 5) is 12.1. The Balaban J connectivity index is 2.10. The molecule has 1 aliphatic heterocycles. The molecule has 2 heterocycles. The average molecular weight is 302 g/mol. The molecule has 2 aromatic rings. The molecule has 18 heavy (non-hydrogen) atoms. The van der Waals surface area contributed by atoms with Crippen LogP contribution in [0.15, 0.2) is 40.9 Å². The molecule has 1 aromatic carbocycles. The van der Waals surface area contributed by atoms with Crippen molar-refractivity contribution in [3.8, 4) is 0 Å². The van der Waals surface area contributed by atoms with E-state index < -0.39 is 0 Å². The summed E-state index contributed by atoms with van der Waals surface area (Å²) in [7, 11) is 0. The number of aryl methyl sites for hydroxylation is 1. The highest BCUT2D eigenvalue weighted by molar-refractivity contribution is 9.10. The number of allylic oxidation sites excluding steroid dienone is 1. The minimum Gasteiger partial charge on any atom is -0.318 e. The molecule has 0 unspecified atom stereocenters. The van der Waals surface area contributed by atoms with Crippen LogP contribution < -0.4 is 0 Å².